The van der Waals surface area contributed by atoms with Crippen molar-refractivity contribution in [3.63, 3.8) is 0 Å². The fraction of sp³-hybridized carbons (Fsp3) is 0.107. The van der Waals surface area contributed by atoms with Crippen LogP contribution in [0.3, 0.4) is 0 Å². The molecule has 38 heavy (non-hydrogen) atoms. The smallest absolute Gasteiger partial charge is 0.335 e. The third-order valence-electron chi connectivity index (χ3n) is 6.17. The van der Waals surface area contributed by atoms with Gasteiger partial charge in [0.15, 0.2) is 0 Å². The number of carboxylic acids is 1. The van der Waals surface area contributed by atoms with Crippen LogP contribution in [0.15, 0.2) is 123 Å². The van der Waals surface area contributed by atoms with Gasteiger partial charge in [0.25, 0.3) is 5.56 Å². The topological polar surface area (TPSA) is 138 Å². The lowest BCUT2D eigenvalue weighted by Gasteiger charge is -2.20. The zero-order valence-electron chi connectivity index (χ0n) is 20.0. The molecule has 0 saturated heterocycles. The van der Waals surface area contributed by atoms with Crippen molar-refractivity contribution >= 4 is 17.6 Å². The van der Waals surface area contributed by atoms with E-state index in [-0.39, 0.29) is 17.5 Å². The number of hydrogen-bond acceptors (Lipinski definition) is 7. The van der Waals surface area contributed by atoms with Crippen LogP contribution in [0, 0.1) is 0 Å². The quantitative estimate of drug-likeness (QED) is 0.327. The molecule has 188 valence electrons. The zero-order chi connectivity index (χ0) is 26.5. The highest BCUT2D eigenvalue weighted by molar-refractivity contribution is 5.95. The predicted octanol–water partition coefficient (Wildman–Crippen LogP) is 5.47. The molecule has 2 N–H and O–H groups in total. The second-order valence-corrected chi connectivity index (χ2v) is 8.61. The van der Waals surface area contributed by atoms with E-state index >= 15 is 0 Å². The van der Waals surface area contributed by atoms with Crippen LogP contribution >= 0.6 is 0 Å². The molecule has 2 heterocycles. The molecule has 1 aromatic heterocycles. The van der Waals surface area contributed by atoms with Crippen molar-refractivity contribution in [2.75, 3.05) is 5.32 Å². The number of aromatic carboxylic acids is 1. The number of nitrogens with zero attached hydrogens (tertiary/aromatic N) is 5. The van der Waals surface area contributed by atoms with Crippen molar-refractivity contribution < 1.29 is 14.7 Å². The molecule has 0 saturated carbocycles. The molecule has 1 atom stereocenters. The summed E-state index contributed by atoms with van der Waals surface area (Å²) in [7, 11) is 0. The van der Waals surface area contributed by atoms with Gasteiger partial charge < -0.3 is 15.0 Å². The van der Waals surface area contributed by atoms with Gasteiger partial charge in [-0.1, -0.05) is 54.6 Å². The Morgan fingerprint density at radius 3 is 2.26 bits per heavy atom. The Hall–Kier alpha value is -5.25. The SMILES string of the molecule is O=C(O)c1ccc(NC(=O)C(Cc2ccccc2)n2ccc(-c3ccccc3C3N=NN=N3)cc2=O)cc1. The van der Waals surface area contributed by atoms with Gasteiger partial charge >= 0.3 is 5.97 Å². The van der Waals surface area contributed by atoms with E-state index in [1.807, 2.05) is 54.6 Å². The van der Waals surface area contributed by atoms with Crippen LogP contribution in [-0.2, 0) is 11.2 Å². The Bertz CT molecular complexity index is 1580. The minimum Gasteiger partial charge on any atom is -0.478 e. The molecule has 5 rings (SSSR count). The lowest BCUT2D eigenvalue weighted by Crippen LogP contribution is -2.34. The summed E-state index contributed by atoms with van der Waals surface area (Å²) < 4.78 is 1.40. The Kier molecular flexibility index (Phi) is 6.94. The average molecular weight is 507 g/mol. The van der Waals surface area contributed by atoms with Crippen molar-refractivity contribution in [1.29, 1.82) is 0 Å². The van der Waals surface area contributed by atoms with E-state index in [0.717, 1.165) is 16.7 Å². The van der Waals surface area contributed by atoms with Gasteiger partial charge in [0.2, 0.25) is 12.1 Å². The molecule has 3 aromatic carbocycles. The van der Waals surface area contributed by atoms with Gasteiger partial charge in [-0.2, -0.15) is 0 Å². The van der Waals surface area contributed by atoms with Gasteiger partial charge in [-0.05, 0) is 57.5 Å². The normalized spacial score (nSPS) is 13.4. The molecule has 0 aliphatic carbocycles. The second kappa shape index (κ2) is 10.8. The van der Waals surface area contributed by atoms with Crippen LogP contribution in [0.5, 0.6) is 0 Å². The third-order valence-corrected chi connectivity index (χ3v) is 6.17. The Morgan fingerprint density at radius 2 is 1.58 bits per heavy atom. The first-order valence-electron chi connectivity index (χ1n) is 11.8. The number of nitrogens with one attached hydrogen (secondary N) is 1. The third kappa shape index (κ3) is 5.29. The maximum absolute atomic E-state index is 13.4. The number of rotatable bonds is 8. The molecule has 0 spiro atoms. The van der Waals surface area contributed by atoms with Gasteiger partial charge in [0.05, 0.1) is 5.56 Å². The highest BCUT2D eigenvalue weighted by atomic mass is 16.4. The van der Waals surface area contributed by atoms with Crippen LogP contribution in [0.2, 0.25) is 0 Å². The first kappa shape index (κ1) is 24.4. The molecule has 0 radical (unpaired) electrons. The van der Waals surface area contributed by atoms with Crippen LogP contribution in [0.4, 0.5) is 5.69 Å². The standard InChI is InChI=1S/C28H22N6O4/c35-25-17-20(22-8-4-5-9-23(22)26-30-32-33-31-26)14-15-34(25)24(16-18-6-2-1-3-7-18)27(36)29-21-12-10-19(11-13-21)28(37)38/h1-15,17,24,26H,16H2,(H,29,36)(H,37,38). The van der Waals surface area contributed by atoms with E-state index in [9.17, 15) is 14.4 Å². The van der Waals surface area contributed by atoms with E-state index in [1.54, 1.807) is 12.3 Å². The molecule has 1 aliphatic heterocycles. The average Bonchev–Trinajstić information content (AvgIpc) is 3.48. The number of benzene rings is 3. The summed E-state index contributed by atoms with van der Waals surface area (Å²) in [6.45, 7) is 0. The number of anilines is 1. The van der Waals surface area contributed by atoms with Crippen molar-refractivity contribution in [3.05, 3.63) is 124 Å². The summed E-state index contributed by atoms with van der Waals surface area (Å²) in [6.07, 6.45) is 1.31. The van der Waals surface area contributed by atoms with Crippen molar-refractivity contribution in [2.45, 2.75) is 18.6 Å². The van der Waals surface area contributed by atoms with Crippen LogP contribution in [0.1, 0.15) is 33.7 Å². The molecular weight excluding hydrogens is 484 g/mol. The van der Waals surface area contributed by atoms with Crippen LogP contribution in [0.25, 0.3) is 11.1 Å². The van der Waals surface area contributed by atoms with Crippen molar-refractivity contribution in [1.82, 2.24) is 4.57 Å². The number of amides is 1. The van der Waals surface area contributed by atoms with Crippen LogP contribution < -0.4 is 10.9 Å². The molecule has 1 unspecified atom stereocenters. The molecule has 4 aromatic rings. The maximum atomic E-state index is 13.4. The first-order valence-corrected chi connectivity index (χ1v) is 11.8. The lowest BCUT2D eigenvalue weighted by atomic mass is 9.98. The monoisotopic (exact) mass is 506 g/mol. The summed E-state index contributed by atoms with van der Waals surface area (Å²) in [5.41, 5.74) is 3.24. The molecule has 10 nitrogen and oxygen atoms in total. The van der Waals surface area contributed by atoms with E-state index in [2.05, 4.69) is 26.0 Å². The maximum Gasteiger partial charge on any atom is 0.335 e. The highest BCUT2D eigenvalue weighted by Crippen LogP contribution is 2.33. The van der Waals surface area contributed by atoms with Crippen molar-refractivity contribution in [2.24, 2.45) is 20.7 Å². The van der Waals surface area contributed by atoms with E-state index in [4.69, 9.17) is 5.11 Å². The molecule has 0 fully saturated rings. The number of carboxylic acid groups (broad SMARTS) is 1. The number of carbonyl (C=O) groups is 2. The number of aromatic nitrogens is 1. The molecule has 1 amide bonds. The van der Waals surface area contributed by atoms with Crippen LogP contribution in [-0.4, -0.2) is 21.6 Å². The second-order valence-electron chi connectivity index (χ2n) is 8.61. The van der Waals surface area contributed by atoms with E-state index < -0.39 is 24.1 Å². The Labute approximate surface area is 217 Å². The fourth-order valence-corrected chi connectivity index (χ4v) is 4.27. The van der Waals surface area contributed by atoms with Gasteiger partial charge in [-0.15, -0.1) is 10.2 Å². The van der Waals surface area contributed by atoms with Gasteiger partial charge in [-0.25, -0.2) is 4.79 Å². The fourth-order valence-electron chi connectivity index (χ4n) is 4.27. The molecule has 10 heteroatoms. The molecule has 1 aliphatic rings. The Balaban J connectivity index is 1.48. The zero-order valence-corrected chi connectivity index (χ0v) is 20.0. The number of pyridine rings is 1. The number of carbonyl (C=O) groups excluding carboxylic acids is 1. The summed E-state index contributed by atoms with van der Waals surface area (Å²) in [5, 5.41) is 27.1. The summed E-state index contributed by atoms with van der Waals surface area (Å²) in [5.74, 6) is -1.46. The minimum absolute atomic E-state index is 0.108. The predicted molar refractivity (Wildman–Crippen MR) is 140 cm³/mol. The van der Waals surface area contributed by atoms with Gasteiger partial charge in [-0.3, -0.25) is 9.59 Å². The summed E-state index contributed by atoms with van der Waals surface area (Å²) in [4.78, 5) is 38.0. The summed E-state index contributed by atoms with van der Waals surface area (Å²) in [6, 6.07) is 25.1. The summed E-state index contributed by atoms with van der Waals surface area (Å²) >= 11 is 0. The molecule has 0 bridgehead atoms. The van der Waals surface area contributed by atoms with Crippen molar-refractivity contribution in [3.8, 4) is 11.1 Å². The molecular formula is C28H22N6O4. The Morgan fingerprint density at radius 1 is 0.895 bits per heavy atom. The largest absolute Gasteiger partial charge is 0.478 e. The van der Waals surface area contributed by atoms with E-state index in [1.165, 1.54) is 34.9 Å². The lowest BCUT2D eigenvalue weighted by molar-refractivity contribution is -0.119. The van der Waals surface area contributed by atoms with Gasteiger partial charge in [0.1, 0.15) is 6.04 Å². The highest BCUT2D eigenvalue weighted by Gasteiger charge is 2.24. The van der Waals surface area contributed by atoms with Gasteiger partial charge in [0, 0.05) is 29.9 Å². The number of hydrogen-bond donors (Lipinski definition) is 2. The minimum atomic E-state index is -1.06. The van der Waals surface area contributed by atoms with E-state index in [0.29, 0.717) is 11.3 Å². The first-order chi connectivity index (χ1) is 18.5.